The van der Waals surface area contributed by atoms with Gasteiger partial charge in [-0.3, -0.25) is 9.59 Å². The number of hydrogen-bond acceptors (Lipinski definition) is 3. The van der Waals surface area contributed by atoms with Crippen LogP contribution in [0, 0.1) is 17.3 Å². The molecule has 1 heterocycles. The van der Waals surface area contributed by atoms with Crippen LogP contribution >= 0.6 is 0 Å². The summed E-state index contributed by atoms with van der Waals surface area (Å²) in [6, 6.07) is 0. The van der Waals surface area contributed by atoms with Gasteiger partial charge in [0.2, 0.25) is 11.8 Å². The number of amides is 2. The Morgan fingerprint density at radius 1 is 1.05 bits per heavy atom. The summed E-state index contributed by atoms with van der Waals surface area (Å²) in [4.78, 5) is 28.0. The summed E-state index contributed by atoms with van der Waals surface area (Å²) >= 11 is 0. The summed E-state index contributed by atoms with van der Waals surface area (Å²) in [5.74, 6) is 1.56. The van der Waals surface area contributed by atoms with Crippen molar-refractivity contribution in [2.45, 2.75) is 41.0 Å². The van der Waals surface area contributed by atoms with E-state index in [1.165, 1.54) is 0 Å². The molecule has 0 saturated carbocycles. The third kappa shape index (κ3) is 4.99. The molecule has 2 N–H and O–H groups in total. The van der Waals surface area contributed by atoms with Gasteiger partial charge in [-0.05, 0) is 17.8 Å². The van der Waals surface area contributed by atoms with Crippen molar-refractivity contribution in [1.82, 2.24) is 9.80 Å². The number of carbonyl (C=O) groups excluding carboxylic acids is 2. The minimum absolute atomic E-state index is 0.0377. The third-order valence-electron chi connectivity index (χ3n) is 3.87. The van der Waals surface area contributed by atoms with Gasteiger partial charge >= 0.3 is 0 Å². The molecule has 1 aliphatic rings. The monoisotopic (exact) mass is 296 g/mol. The maximum absolute atomic E-state index is 12.8. The smallest absolute Gasteiger partial charge is 0.236 e. The highest BCUT2D eigenvalue weighted by molar-refractivity contribution is 5.91. The second kappa shape index (κ2) is 7.25. The Morgan fingerprint density at radius 3 is 1.90 bits per heavy atom. The molecule has 1 radical (unpaired) electrons. The zero-order chi connectivity index (χ0) is 16.2. The van der Waals surface area contributed by atoms with Crippen LogP contribution in [-0.4, -0.2) is 54.3 Å². The SMILES string of the molecule is CC(C)C[C](C(=O)N1CCN(C(=O)CN)CC1)C(C)(C)C. The molecule has 0 unspecified atom stereocenters. The van der Waals surface area contributed by atoms with E-state index in [9.17, 15) is 9.59 Å². The van der Waals surface area contributed by atoms with Crippen LogP contribution in [-0.2, 0) is 9.59 Å². The van der Waals surface area contributed by atoms with E-state index in [1.54, 1.807) is 4.90 Å². The Hall–Kier alpha value is -1.10. The molecule has 1 aliphatic heterocycles. The fourth-order valence-electron chi connectivity index (χ4n) is 2.60. The number of nitrogens with zero attached hydrogens (tertiary/aromatic N) is 2. The largest absolute Gasteiger partial charge is 0.339 e. The van der Waals surface area contributed by atoms with Crippen LogP contribution < -0.4 is 5.73 Å². The lowest BCUT2D eigenvalue weighted by Gasteiger charge is -2.39. The maximum Gasteiger partial charge on any atom is 0.236 e. The van der Waals surface area contributed by atoms with Gasteiger partial charge in [-0.15, -0.1) is 0 Å². The zero-order valence-corrected chi connectivity index (χ0v) is 14.1. The Labute approximate surface area is 128 Å². The van der Waals surface area contributed by atoms with E-state index < -0.39 is 0 Å². The first kappa shape index (κ1) is 18.0. The zero-order valence-electron chi connectivity index (χ0n) is 14.1. The van der Waals surface area contributed by atoms with Gasteiger partial charge in [0.15, 0.2) is 0 Å². The molecule has 2 amide bonds. The molecule has 5 nitrogen and oxygen atoms in total. The second-order valence-electron chi connectivity index (χ2n) is 7.20. The highest BCUT2D eigenvalue weighted by Gasteiger charge is 2.36. The van der Waals surface area contributed by atoms with Crippen LogP contribution in [0.5, 0.6) is 0 Å². The summed E-state index contributed by atoms with van der Waals surface area (Å²) in [5.41, 5.74) is 5.26. The van der Waals surface area contributed by atoms with Gasteiger partial charge in [-0.25, -0.2) is 0 Å². The summed E-state index contributed by atoms with van der Waals surface area (Å²) in [6.45, 7) is 13.0. The lowest BCUT2D eigenvalue weighted by Crippen LogP contribution is -2.53. The van der Waals surface area contributed by atoms with E-state index in [2.05, 4.69) is 34.6 Å². The molecule has 1 rings (SSSR count). The molecule has 0 aromatic heterocycles. The van der Waals surface area contributed by atoms with Gasteiger partial charge in [-0.2, -0.15) is 0 Å². The molecule has 0 aromatic rings. The molecular weight excluding hydrogens is 266 g/mol. The van der Waals surface area contributed by atoms with E-state index in [4.69, 9.17) is 5.73 Å². The number of carbonyl (C=O) groups is 2. The van der Waals surface area contributed by atoms with Crippen LogP contribution in [0.15, 0.2) is 0 Å². The van der Waals surface area contributed by atoms with Crippen LogP contribution in [0.1, 0.15) is 41.0 Å². The Kier molecular flexibility index (Phi) is 6.20. The number of nitrogens with two attached hydrogens (primary N) is 1. The van der Waals surface area contributed by atoms with Gasteiger partial charge in [0.05, 0.1) is 12.5 Å². The van der Waals surface area contributed by atoms with Crippen molar-refractivity contribution < 1.29 is 9.59 Å². The molecule has 121 valence electrons. The third-order valence-corrected chi connectivity index (χ3v) is 3.87. The minimum atomic E-state index is -0.119. The van der Waals surface area contributed by atoms with E-state index in [1.807, 2.05) is 4.90 Å². The normalized spacial score (nSPS) is 16.8. The quantitative estimate of drug-likeness (QED) is 0.850. The Balaban J connectivity index is 2.68. The molecule has 0 aromatic carbocycles. The molecule has 0 aliphatic carbocycles. The average molecular weight is 296 g/mol. The standard InChI is InChI=1S/C16H30N3O2/c1-12(2)10-13(16(3,4)5)15(21)19-8-6-18(7-9-19)14(20)11-17/h12H,6-11,17H2,1-5H3. The van der Waals surface area contributed by atoms with E-state index >= 15 is 0 Å². The maximum atomic E-state index is 12.8. The fraction of sp³-hybridized carbons (Fsp3) is 0.812. The molecular formula is C16H30N3O2. The van der Waals surface area contributed by atoms with Crippen molar-refractivity contribution in [3.63, 3.8) is 0 Å². The van der Waals surface area contributed by atoms with Crippen molar-refractivity contribution in [2.75, 3.05) is 32.7 Å². The highest BCUT2D eigenvalue weighted by Crippen LogP contribution is 2.35. The predicted octanol–water partition coefficient (Wildman–Crippen LogP) is 1.28. The topological polar surface area (TPSA) is 66.6 Å². The molecule has 5 heteroatoms. The molecule has 1 fully saturated rings. The van der Waals surface area contributed by atoms with Crippen molar-refractivity contribution in [3.05, 3.63) is 5.92 Å². The summed E-state index contributed by atoms with van der Waals surface area (Å²) in [6.07, 6.45) is 0.824. The van der Waals surface area contributed by atoms with Gasteiger partial charge in [0, 0.05) is 26.2 Å². The number of hydrogen-bond donors (Lipinski definition) is 1. The fourth-order valence-corrected chi connectivity index (χ4v) is 2.60. The van der Waals surface area contributed by atoms with Crippen molar-refractivity contribution in [1.29, 1.82) is 0 Å². The molecule has 0 bridgehead atoms. The van der Waals surface area contributed by atoms with Crippen LogP contribution in [0.2, 0.25) is 0 Å². The van der Waals surface area contributed by atoms with Crippen molar-refractivity contribution in [2.24, 2.45) is 17.1 Å². The average Bonchev–Trinajstić information content (AvgIpc) is 2.42. The van der Waals surface area contributed by atoms with Gasteiger partial charge in [0.25, 0.3) is 0 Å². The first-order chi connectivity index (χ1) is 9.66. The molecule has 21 heavy (non-hydrogen) atoms. The molecule has 0 atom stereocenters. The van der Waals surface area contributed by atoms with E-state index in [0.29, 0.717) is 32.1 Å². The first-order valence-electron chi connectivity index (χ1n) is 7.80. The second-order valence-corrected chi connectivity index (χ2v) is 7.20. The number of rotatable bonds is 4. The lowest BCUT2D eigenvalue weighted by atomic mass is 9.75. The minimum Gasteiger partial charge on any atom is -0.339 e. The van der Waals surface area contributed by atoms with Crippen LogP contribution in [0.25, 0.3) is 0 Å². The van der Waals surface area contributed by atoms with Crippen LogP contribution in [0.4, 0.5) is 0 Å². The number of piperazine rings is 1. The molecule has 0 spiro atoms. The Bertz CT molecular complexity index is 366. The summed E-state index contributed by atoms with van der Waals surface area (Å²) < 4.78 is 0. The van der Waals surface area contributed by atoms with E-state index in [-0.39, 0.29) is 23.8 Å². The van der Waals surface area contributed by atoms with Gasteiger partial charge < -0.3 is 15.5 Å². The van der Waals surface area contributed by atoms with Crippen molar-refractivity contribution >= 4 is 11.8 Å². The molecule has 1 saturated heterocycles. The van der Waals surface area contributed by atoms with Crippen molar-refractivity contribution in [3.8, 4) is 0 Å². The van der Waals surface area contributed by atoms with E-state index in [0.717, 1.165) is 12.3 Å². The van der Waals surface area contributed by atoms with Gasteiger partial charge in [-0.1, -0.05) is 34.6 Å². The van der Waals surface area contributed by atoms with Crippen LogP contribution in [0.3, 0.4) is 0 Å². The van der Waals surface area contributed by atoms with Gasteiger partial charge in [0.1, 0.15) is 0 Å². The highest BCUT2D eigenvalue weighted by atomic mass is 16.2. The summed E-state index contributed by atoms with van der Waals surface area (Å²) in [7, 11) is 0. The first-order valence-corrected chi connectivity index (χ1v) is 7.80. The predicted molar refractivity (Wildman–Crippen MR) is 84.4 cm³/mol. The summed E-state index contributed by atoms with van der Waals surface area (Å²) in [5, 5.41) is 0. The Morgan fingerprint density at radius 2 is 1.52 bits per heavy atom. The lowest BCUT2D eigenvalue weighted by molar-refractivity contribution is -0.138.